The summed E-state index contributed by atoms with van der Waals surface area (Å²) in [6, 6.07) is 9.40. The van der Waals surface area contributed by atoms with Gasteiger partial charge in [0.2, 0.25) is 0 Å². The summed E-state index contributed by atoms with van der Waals surface area (Å²) in [6.07, 6.45) is 0. The first kappa shape index (κ1) is 7.24. The molecule has 60 valence electrons. The minimum Gasteiger partial charge on any atom is -0.274 e. The summed E-state index contributed by atoms with van der Waals surface area (Å²) in [6.45, 7) is 0. The molecule has 2 aromatic rings. The zero-order valence-corrected chi connectivity index (χ0v) is 6.97. The highest BCUT2D eigenvalue weighted by atomic mass is 32.1. The number of hydrogen-bond donors (Lipinski definition) is 1. The molecule has 0 saturated carbocycles. The van der Waals surface area contributed by atoms with Crippen LogP contribution in [-0.2, 0) is 0 Å². The summed E-state index contributed by atoms with van der Waals surface area (Å²) in [5.41, 5.74) is 1.36. The number of H-pyrrole nitrogens is 1. The Labute approximate surface area is 72.8 Å². The first-order valence-electron chi connectivity index (χ1n) is 3.47. The van der Waals surface area contributed by atoms with E-state index in [-0.39, 0.29) is 4.74 Å². The van der Waals surface area contributed by atoms with E-state index in [1.807, 2.05) is 30.3 Å². The molecule has 0 aliphatic heterocycles. The molecule has 0 aliphatic rings. The third-order valence-electron chi connectivity index (χ3n) is 1.54. The van der Waals surface area contributed by atoms with E-state index in [2.05, 4.69) is 9.59 Å². The summed E-state index contributed by atoms with van der Waals surface area (Å²) in [7, 11) is 0. The van der Waals surface area contributed by atoms with Crippen LogP contribution in [0.15, 0.2) is 35.1 Å². The van der Waals surface area contributed by atoms with Gasteiger partial charge < -0.3 is 0 Å². The molecule has 0 radical (unpaired) electrons. The number of nitrogens with zero attached hydrogens (tertiary/aromatic N) is 1. The van der Waals surface area contributed by atoms with Crippen molar-refractivity contribution in [3.63, 3.8) is 0 Å². The maximum Gasteiger partial charge on any atom is 0.277 e. The third kappa shape index (κ3) is 1.16. The van der Waals surface area contributed by atoms with Crippen LogP contribution in [0.2, 0.25) is 0 Å². The molecule has 0 fully saturated rings. The highest BCUT2D eigenvalue weighted by Gasteiger charge is 2.03. The maximum atomic E-state index is 11.1. The molecule has 0 atom stereocenters. The van der Waals surface area contributed by atoms with Crippen molar-refractivity contribution in [2.75, 3.05) is 0 Å². The normalized spacial score (nSPS) is 10.0. The van der Waals surface area contributed by atoms with Crippen LogP contribution < -0.4 is 4.74 Å². The maximum absolute atomic E-state index is 11.1. The largest absolute Gasteiger partial charge is 0.277 e. The standard InChI is InChI=1S/C8H6N2OS/c11-8-7(9-10-12-8)6-4-2-1-3-5-6/h1-5,10H. The van der Waals surface area contributed by atoms with Crippen LogP contribution in [0.3, 0.4) is 0 Å². The molecular formula is C8H6N2OS. The number of rotatable bonds is 1. The second-order valence-corrected chi connectivity index (χ2v) is 3.06. The van der Waals surface area contributed by atoms with Gasteiger partial charge in [0.1, 0.15) is 0 Å². The molecule has 0 saturated heterocycles. The van der Waals surface area contributed by atoms with Gasteiger partial charge in [0.05, 0.1) is 0 Å². The van der Waals surface area contributed by atoms with Gasteiger partial charge in [0, 0.05) is 17.1 Å². The monoisotopic (exact) mass is 178 g/mol. The Morgan fingerprint density at radius 3 is 2.58 bits per heavy atom. The average Bonchev–Trinajstić information content (AvgIpc) is 2.53. The van der Waals surface area contributed by atoms with Crippen molar-refractivity contribution in [1.29, 1.82) is 0 Å². The molecule has 0 aliphatic carbocycles. The second-order valence-electron chi connectivity index (χ2n) is 2.31. The summed E-state index contributed by atoms with van der Waals surface area (Å²) >= 11 is 1.01. The van der Waals surface area contributed by atoms with E-state index < -0.39 is 0 Å². The molecule has 0 unspecified atom stereocenters. The van der Waals surface area contributed by atoms with Gasteiger partial charge in [-0.15, -0.1) is 0 Å². The zero-order chi connectivity index (χ0) is 8.39. The van der Waals surface area contributed by atoms with Gasteiger partial charge in [0.25, 0.3) is 4.74 Å². The van der Waals surface area contributed by atoms with Crippen molar-refractivity contribution in [2.45, 2.75) is 0 Å². The Bertz CT molecular complexity index is 418. The van der Waals surface area contributed by atoms with Crippen LogP contribution >= 0.6 is 11.5 Å². The quantitative estimate of drug-likeness (QED) is 0.719. The number of aromatic amines is 1. The molecule has 0 amide bonds. The molecule has 1 aromatic carbocycles. The molecular weight excluding hydrogens is 172 g/mol. The highest BCUT2D eigenvalue weighted by molar-refractivity contribution is 7.03. The van der Waals surface area contributed by atoms with Crippen molar-refractivity contribution < 1.29 is 0 Å². The highest BCUT2D eigenvalue weighted by Crippen LogP contribution is 2.11. The number of benzene rings is 1. The fourth-order valence-electron chi connectivity index (χ4n) is 0.982. The minimum absolute atomic E-state index is 0.0267. The van der Waals surface area contributed by atoms with Gasteiger partial charge in [-0.1, -0.05) is 30.3 Å². The van der Waals surface area contributed by atoms with Crippen molar-refractivity contribution in [2.24, 2.45) is 0 Å². The van der Waals surface area contributed by atoms with Crippen LogP contribution in [0.25, 0.3) is 11.3 Å². The van der Waals surface area contributed by atoms with Crippen molar-refractivity contribution in [1.82, 2.24) is 9.59 Å². The topological polar surface area (TPSA) is 45.8 Å². The van der Waals surface area contributed by atoms with E-state index in [0.29, 0.717) is 5.69 Å². The van der Waals surface area contributed by atoms with Crippen LogP contribution in [0.4, 0.5) is 0 Å². The van der Waals surface area contributed by atoms with Gasteiger partial charge in [-0.25, -0.2) is 4.49 Å². The third-order valence-corrected chi connectivity index (χ3v) is 2.10. The lowest BCUT2D eigenvalue weighted by molar-refractivity contribution is 1.16. The Kier molecular flexibility index (Phi) is 1.75. The lowest BCUT2D eigenvalue weighted by atomic mass is 10.2. The lowest BCUT2D eigenvalue weighted by Crippen LogP contribution is -1.94. The molecule has 1 N–H and O–H groups in total. The van der Waals surface area contributed by atoms with Crippen molar-refractivity contribution >= 4 is 11.5 Å². The molecule has 1 aromatic heterocycles. The molecule has 3 nitrogen and oxygen atoms in total. The van der Waals surface area contributed by atoms with Gasteiger partial charge in [0.15, 0.2) is 5.69 Å². The van der Waals surface area contributed by atoms with Gasteiger partial charge in [-0.3, -0.25) is 4.79 Å². The summed E-state index contributed by atoms with van der Waals surface area (Å²) in [4.78, 5) is 11.1. The Morgan fingerprint density at radius 1 is 1.25 bits per heavy atom. The summed E-state index contributed by atoms with van der Waals surface area (Å²) in [5, 5.41) is 3.87. The zero-order valence-electron chi connectivity index (χ0n) is 6.15. The first-order chi connectivity index (χ1) is 5.88. The van der Waals surface area contributed by atoms with E-state index in [9.17, 15) is 4.79 Å². The van der Waals surface area contributed by atoms with E-state index in [1.165, 1.54) is 0 Å². The van der Waals surface area contributed by atoms with Crippen LogP contribution in [-0.4, -0.2) is 9.59 Å². The van der Waals surface area contributed by atoms with Crippen LogP contribution in [0.1, 0.15) is 0 Å². The van der Waals surface area contributed by atoms with E-state index in [0.717, 1.165) is 17.1 Å². The SMILES string of the molecule is O=c1s[nH]nc1-c1ccccc1. The van der Waals surface area contributed by atoms with Crippen molar-refractivity contribution in [3.8, 4) is 11.3 Å². The molecule has 0 spiro atoms. The Morgan fingerprint density at radius 2 is 2.00 bits per heavy atom. The molecule has 12 heavy (non-hydrogen) atoms. The van der Waals surface area contributed by atoms with E-state index >= 15 is 0 Å². The smallest absolute Gasteiger partial charge is 0.274 e. The summed E-state index contributed by atoms with van der Waals surface area (Å²) < 4.78 is 2.55. The predicted octanol–water partition coefficient (Wildman–Crippen LogP) is 1.50. The van der Waals surface area contributed by atoms with Gasteiger partial charge in [-0.2, -0.15) is 5.10 Å². The fraction of sp³-hybridized carbons (Fsp3) is 0. The Hall–Kier alpha value is -1.42. The second kappa shape index (κ2) is 2.91. The van der Waals surface area contributed by atoms with E-state index in [1.54, 1.807) is 0 Å². The van der Waals surface area contributed by atoms with Crippen LogP contribution in [0, 0.1) is 0 Å². The molecule has 4 heteroatoms. The Balaban J connectivity index is 2.59. The predicted molar refractivity (Wildman–Crippen MR) is 48.2 cm³/mol. The average molecular weight is 178 g/mol. The number of aromatic nitrogens is 2. The number of hydrogen-bond acceptors (Lipinski definition) is 3. The lowest BCUT2D eigenvalue weighted by Gasteiger charge is -1.90. The first-order valence-corrected chi connectivity index (χ1v) is 4.29. The summed E-state index contributed by atoms with van der Waals surface area (Å²) in [5.74, 6) is 0. The molecule has 1 heterocycles. The van der Waals surface area contributed by atoms with Crippen molar-refractivity contribution in [3.05, 3.63) is 39.9 Å². The minimum atomic E-state index is -0.0267. The van der Waals surface area contributed by atoms with Crippen LogP contribution in [0.5, 0.6) is 0 Å². The fourth-order valence-corrected chi connectivity index (χ4v) is 1.46. The molecule has 0 bridgehead atoms. The number of nitrogens with one attached hydrogen (secondary N) is 1. The van der Waals surface area contributed by atoms with Gasteiger partial charge >= 0.3 is 0 Å². The molecule has 2 rings (SSSR count). The van der Waals surface area contributed by atoms with Gasteiger partial charge in [-0.05, 0) is 0 Å². The van der Waals surface area contributed by atoms with E-state index in [4.69, 9.17) is 0 Å².